The van der Waals surface area contributed by atoms with Crippen LogP contribution in [0.1, 0.15) is 13.3 Å². The Morgan fingerprint density at radius 2 is 2.09 bits per heavy atom. The molecular weight excluding hydrogens is 286 g/mol. The van der Waals surface area contributed by atoms with Crippen LogP contribution in [0.5, 0.6) is 0 Å². The summed E-state index contributed by atoms with van der Waals surface area (Å²) in [5.74, 6) is -1.71. The van der Waals surface area contributed by atoms with Gasteiger partial charge in [0.25, 0.3) is 0 Å². The van der Waals surface area contributed by atoms with Crippen LogP contribution in [0.25, 0.3) is 0 Å². The first-order valence-electron chi connectivity index (χ1n) is 7.41. The Morgan fingerprint density at radius 3 is 2.77 bits per heavy atom. The highest BCUT2D eigenvalue weighted by molar-refractivity contribution is 6.09. The molecular formula is C16H17NO5. The van der Waals surface area contributed by atoms with Gasteiger partial charge in [-0.05, 0) is 19.1 Å². The summed E-state index contributed by atoms with van der Waals surface area (Å²) < 4.78 is 11.3. The van der Waals surface area contributed by atoms with E-state index in [0.29, 0.717) is 12.3 Å². The van der Waals surface area contributed by atoms with Gasteiger partial charge >= 0.3 is 0 Å². The standard InChI is InChI=1S/C16H17NO5/c1-9(18)13-11-7-16(20,15-21-8-12(11)22-15)17(14(13)19)10-5-3-2-4-6-10/h2-6,11-13,15,20H,7-8H2,1H3. The van der Waals surface area contributed by atoms with Crippen molar-refractivity contribution < 1.29 is 24.2 Å². The molecule has 3 saturated heterocycles. The van der Waals surface area contributed by atoms with E-state index in [0.717, 1.165) is 0 Å². The first kappa shape index (κ1) is 13.9. The zero-order chi connectivity index (χ0) is 15.5. The van der Waals surface area contributed by atoms with Crippen LogP contribution >= 0.6 is 0 Å². The first-order chi connectivity index (χ1) is 10.5. The second-order valence-corrected chi connectivity index (χ2v) is 6.18. The van der Waals surface area contributed by atoms with Gasteiger partial charge in [-0.1, -0.05) is 18.2 Å². The second kappa shape index (κ2) is 4.62. The number of aliphatic hydroxyl groups is 1. The summed E-state index contributed by atoms with van der Waals surface area (Å²) in [7, 11) is 0. The average molecular weight is 303 g/mol. The molecule has 0 radical (unpaired) electrons. The minimum absolute atomic E-state index is 0.202. The third kappa shape index (κ3) is 1.71. The van der Waals surface area contributed by atoms with Gasteiger partial charge in [0, 0.05) is 18.0 Å². The van der Waals surface area contributed by atoms with E-state index >= 15 is 0 Å². The van der Waals surface area contributed by atoms with Crippen molar-refractivity contribution in [3.8, 4) is 0 Å². The van der Waals surface area contributed by atoms with E-state index < -0.39 is 17.9 Å². The molecule has 6 heteroatoms. The number of para-hydroxylation sites is 1. The summed E-state index contributed by atoms with van der Waals surface area (Å²) in [5, 5.41) is 11.1. The normalized spacial score (nSPS) is 39.9. The Labute approximate surface area is 127 Å². The van der Waals surface area contributed by atoms with E-state index in [2.05, 4.69) is 0 Å². The van der Waals surface area contributed by atoms with Crippen molar-refractivity contribution in [3.63, 3.8) is 0 Å². The Balaban J connectivity index is 1.85. The molecule has 1 aromatic carbocycles. The van der Waals surface area contributed by atoms with Crippen molar-refractivity contribution in [2.75, 3.05) is 11.5 Å². The molecule has 3 fully saturated rings. The van der Waals surface area contributed by atoms with Crippen LogP contribution in [0.3, 0.4) is 0 Å². The predicted octanol–water partition coefficient (Wildman–Crippen LogP) is 0.688. The van der Waals surface area contributed by atoms with Gasteiger partial charge in [-0.15, -0.1) is 0 Å². The molecule has 22 heavy (non-hydrogen) atoms. The molecule has 0 aliphatic carbocycles. The monoisotopic (exact) mass is 303 g/mol. The maximum absolute atomic E-state index is 12.9. The van der Waals surface area contributed by atoms with Crippen molar-refractivity contribution in [1.82, 2.24) is 0 Å². The fourth-order valence-electron chi connectivity index (χ4n) is 3.91. The SMILES string of the molecule is CC(=O)C1C(=O)N(c2ccccc2)C2(O)CC1C1COC2O1. The fourth-order valence-corrected chi connectivity index (χ4v) is 3.91. The Bertz CT molecular complexity index is 633. The van der Waals surface area contributed by atoms with Crippen molar-refractivity contribution in [2.24, 2.45) is 11.8 Å². The smallest absolute Gasteiger partial charge is 0.240 e. The molecule has 5 unspecified atom stereocenters. The van der Waals surface area contributed by atoms with Crippen molar-refractivity contribution >= 4 is 17.4 Å². The van der Waals surface area contributed by atoms with E-state index in [1.807, 2.05) is 6.07 Å². The van der Waals surface area contributed by atoms with Gasteiger partial charge in [0.15, 0.2) is 5.72 Å². The third-order valence-electron chi connectivity index (χ3n) is 4.86. The molecule has 1 amide bonds. The van der Waals surface area contributed by atoms with Crippen LogP contribution in [0, 0.1) is 11.8 Å². The van der Waals surface area contributed by atoms with Gasteiger partial charge in [-0.25, -0.2) is 0 Å². The van der Waals surface area contributed by atoms with Crippen LogP contribution in [0.4, 0.5) is 5.69 Å². The van der Waals surface area contributed by atoms with Crippen LogP contribution in [0.15, 0.2) is 30.3 Å². The van der Waals surface area contributed by atoms with Gasteiger partial charge in [0.1, 0.15) is 11.7 Å². The maximum Gasteiger partial charge on any atom is 0.240 e. The largest absolute Gasteiger partial charge is 0.366 e. The molecule has 3 heterocycles. The number of anilines is 1. The van der Waals surface area contributed by atoms with E-state index in [1.165, 1.54) is 11.8 Å². The minimum Gasteiger partial charge on any atom is -0.366 e. The molecule has 6 nitrogen and oxygen atoms in total. The first-order valence-corrected chi connectivity index (χ1v) is 7.41. The minimum atomic E-state index is -1.57. The maximum atomic E-state index is 12.9. The number of carbonyl (C=O) groups is 2. The van der Waals surface area contributed by atoms with Gasteiger partial charge in [0.2, 0.25) is 12.2 Å². The highest BCUT2D eigenvalue weighted by atomic mass is 16.7. The predicted molar refractivity (Wildman–Crippen MR) is 75.8 cm³/mol. The third-order valence-corrected chi connectivity index (χ3v) is 4.86. The number of hydrogen-bond donors (Lipinski definition) is 1. The van der Waals surface area contributed by atoms with Crippen molar-refractivity contribution in [1.29, 1.82) is 0 Å². The number of rotatable bonds is 2. The summed E-state index contributed by atoms with van der Waals surface area (Å²) in [4.78, 5) is 26.3. The summed E-state index contributed by atoms with van der Waals surface area (Å²) in [6.45, 7) is 1.72. The van der Waals surface area contributed by atoms with Crippen molar-refractivity contribution in [2.45, 2.75) is 31.5 Å². The fraction of sp³-hybridized carbons (Fsp3) is 0.500. The summed E-state index contributed by atoms with van der Waals surface area (Å²) >= 11 is 0. The average Bonchev–Trinajstić information content (AvgIpc) is 2.93. The molecule has 116 valence electrons. The number of nitrogens with zero attached hydrogens (tertiary/aromatic N) is 1. The zero-order valence-electron chi connectivity index (χ0n) is 12.1. The van der Waals surface area contributed by atoms with Gasteiger partial charge in [-0.2, -0.15) is 0 Å². The number of benzene rings is 1. The van der Waals surface area contributed by atoms with Crippen LogP contribution in [-0.2, 0) is 19.1 Å². The lowest BCUT2D eigenvalue weighted by Crippen LogP contribution is -2.70. The summed E-state index contributed by atoms with van der Waals surface area (Å²) in [6.07, 6.45) is -0.889. The summed E-state index contributed by atoms with van der Waals surface area (Å²) in [5.41, 5.74) is -1.03. The van der Waals surface area contributed by atoms with Crippen LogP contribution < -0.4 is 4.90 Å². The molecule has 0 saturated carbocycles. The quantitative estimate of drug-likeness (QED) is 0.814. The van der Waals surface area contributed by atoms with Gasteiger partial charge in [0.05, 0.1) is 12.7 Å². The Hall–Kier alpha value is -1.76. The molecule has 3 aliphatic heterocycles. The van der Waals surface area contributed by atoms with E-state index in [4.69, 9.17) is 9.47 Å². The molecule has 0 aromatic heterocycles. The molecule has 5 atom stereocenters. The van der Waals surface area contributed by atoms with Crippen molar-refractivity contribution in [3.05, 3.63) is 30.3 Å². The van der Waals surface area contributed by atoms with Crippen LogP contribution in [0.2, 0.25) is 0 Å². The number of ether oxygens (including phenoxy) is 2. The number of ketones is 1. The van der Waals surface area contributed by atoms with Gasteiger partial charge in [-0.3, -0.25) is 14.5 Å². The lowest BCUT2D eigenvalue weighted by Gasteiger charge is -2.52. The van der Waals surface area contributed by atoms with E-state index in [-0.39, 0.29) is 30.1 Å². The molecule has 1 aromatic rings. The Kier molecular flexibility index (Phi) is 2.91. The highest BCUT2D eigenvalue weighted by Gasteiger charge is 2.64. The highest BCUT2D eigenvalue weighted by Crippen LogP contribution is 2.49. The number of hydrogen-bond acceptors (Lipinski definition) is 5. The van der Waals surface area contributed by atoms with E-state index in [9.17, 15) is 14.7 Å². The summed E-state index contributed by atoms with van der Waals surface area (Å²) in [6, 6.07) is 8.85. The molecule has 4 bridgehead atoms. The Morgan fingerprint density at radius 1 is 1.36 bits per heavy atom. The number of piperidine rings is 1. The number of Topliss-reactive ketones (excluding diaryl/α,β-unsaturated/α-hetero) is 1. The van der Waals surface area contributed by atoms with E-state index in [1.54, 1.807) is 24.3 Å². The number of fused-ring (bicyclic) bond motifs is 6. The number of carbonyl (C=O) groups excluding carboxylic acids is 2. The molecule has 3 aliphatic rings. The van der Waals surface area contributed by atoms with Gasteiger partial charge < -0.3 is 14.6 Å². The van der Waals surface area contributed by atoms with Crippen LogP contribution in [-0.4, -0.2) is 41.5 Å². The topological polar surface area (TPSA) is 76.1 Å². The zero-order valence-corrected chi connectivity index (χ0v) is 12.1. The lowest BCUT2D eigenvalue weighted by molar-refractivity contribution is -0.238. The molecule has 0 spiro atoms. The molecule has 4 rings (SSSR count). The molecule has 1 N–H and O–H groups in total. The second-order valence-electron chi connectivity index (χ2n) is 6.18. The number of amides is 1. The lowest BCUT2D eigenvalue weighted by atomic mass is 9.73.